The van der Waals surface area contributed by atoms with Crippen LogP contribution in [-0.2, 0) is 4.79 Å². The molecule has 1 aliphatic rings. The van der Waals surface area contributed by atoms with E-state index in [4.69, 9.17) is 11.6 Å². The van der Waals surface area contributed by atoms with Gasteiger partial charge in [-0.3, -0.25) is 4.79 Å². The zero-order valence-corrected chi connectivity index (χ0v) is 9.63. The highest BCUT2D eigenvalue weighted by atomic mass is 35.5. The van der Waals surface area contributed by atoms with Crippen LogP contribution >= 0.6 is 11.6 Å². The number of halogens is 1. The molecule has 0 atom stereocenters. The van der Waals surface area contributed by atoms with Crippen molar-refractivity contribution in [3.63, 3.8) is 0 Å². The topological polar surface area (TPSA) is 49.3 Å². The van der Waals surface area contributed by atoms with Crippen LogP contribution in [0.25, 0.3) is 0 Å². The van der Waals surface area contributed by atoms with Crippen molar-refractivity contribution in [3.05, 3.63) is 23.2 Å². The molecular formula is C12H14ClNO2. The largest absolute Gasteiger partial charge is 0.506 e. The Balaban J connectivity index is 2.07. The summed E-state index contributed by atoms with van der Waals surface area (Å²) < 4.78 is 0. The number of phenolic OH excluding ortho intramolecular Hbond substituents is 1. The lowest BCUT2D eigenvalue weighted by Crippen LogP contribution is -2.20. The first-order valence-electron chi connectivity index (χ1n) is 5.46. The van der Waals surface area contributed by atoms with Gasteiger partial charge in [0.2, 0.25) is 5.91 Å². The number of rotatable bonds is 2. The Morgan fingerprint density at radius 1 is 1.38 bits per heavy atom. The average Bonchev–Trinajstić information content (AvgIpc) is 2.76. The SMILES string of the molecule is O=C(Nc1cc(Cl)ccc1O)C1CCCC1. The number of aromatic hydroxyl groups is 1. The first-order valence-corrected chi connectivity index (χ1v) is 5.84. The molecule has 1 aromatic rings. The molecule has 2 N–H and O–H groups in total. The zero-order valence-electron chi connectivity index (χ0n) is 8.87. The van der Waals surface area contributed by atoms with Crippen LogP contribution in [0.1, 0.15) is 25.7 Å². The molecule has 16 heavy (non-hydrogen) atoms. The van der Waals surface area contributed by atoms with Gasteiger partial charge in [0, 0.05) is 10.9 Å². The third-order valence-corrected chi connectivity index (χ3v) is 3.18. The fourth-order valence-electron chi connectivity index (χ4n) is 2.03. The number of benzene rings is 1. The van der Waals surface area contributed by atoms with Crippen LogP contribution < -0.4 is 5.32 Å². The molecule has 0 radical (unpaired) electrons. The van der Waals surface area contributed by atoms with Gasteiger partial charge in [0.25, 0.3) is 0 Å². The summed E-state index contributed by atoms with van der Waals surface area (Å²) in [5.41, 5.74) is 0.393. The molecule has 4 heteroatoms. The van der Waals surface area contributed by atoms with Crippen LogP contribution in [0.15, 0.2) is 18.2 Å². The van der Waals surface area contributed by atoms with Gasteiger partial charge in [0.15, 0.2) is 0 Å². The van der Waals surface area contributed by atoms with E-state index in [-0.39, 0.29) is 17.6 Å². The fourth-order valence-corrected chi connectivity index (χ4v) is 2.20. The molecule has 1 aromatic carbocycles. The second-order valence-electron chi connectivity index (χ2n) is 4.13. The standard InChI is InChI=1S/C12H14ClNO2/c13-9-5-6-11(15)10(7-9)14-12(16)8-3-1-2-4-8/h5-8,15H,1-4H2,(H,14,16). The number of nitrogens with one attached hydrogen (secondary N) is 1. The van der Waals surface area contributed by atoms with Crippen LogP contribution in [0.3, 0.4) is 0 Å². The molecule has 0 aliphatic heterocycles. The highest BCUT2D eigenvalue weighted by molar-refractivity contribution is 6.31. The number of carbonyl (C=O) groups excluding carboxylic acids is 1. The molecule has 0 heterocycles. The van der Waals surface area contributed by atoms with Gasteiger partial charge in [-0.1, -0.05) is 24.4 Å². The van der Waals surface area contributed by atoms with Gasteiger partial charge in [-0.2, -0.15) is 0 Å². The maximum atomic E-state index is 11.8. The molecule has 3 nitrogen and oxygen atoms in total. The second-order valence-corrected chi connectivity index (χ2v) is 4.57. The van der Waals surface area contributed by atoms with E-state index in [1.165, 1.54) is 6.07 Å². The predicted molar refractivity (Wildman–Crippen MR) is 63.7 cm³/mol. The molecule has 0 unspecified atom stereocenters. The quantitative estimate of drug-likeness (QED) is 0.779. The lowest BCUT2D eigenvalue weighted by atomic mass is 10.1. The molecular weight excluding hydrogens is 226 g/mol. The molecule has 1 saturated carbocycles. The Kier molecular flexibility index (Phi) is 3.34. The van der Waals surface area contributed by atoms with Crippen LogP contribution in [0, 0.1) is 5.92 Å². The van der Waals surface area contributed by atoms with Crippen LogP contribution in [0.5, 0.6) is 5.75 Å². The summed E-state index contributed by atoms with van der Waals surface area (Å²) in [7, 11) is 0. The summed E-state index contributed by atoms with van der Waals surface area (Å²) in [5, 5.41) is 12.8. The van der Waals surface area contributed by atoms with Gasteiger partial charge in [-0.05, 0) is 31.0 Å². The van der Waals surface area contributed by atoms with Gasteiger partial charge < -0.3 is 10.4 Å². The Morgan fingerprint density at radius 2 is 2.06 bits per heavy atom. The first-order chi connectivity index (χ1) is 7.66. The number of hydrogen-bond donors (Lipinski definition) is 2. The number of anilines is 1. The van der Waals surface area contributed by atoms with Crippen molar-refractivity contribution in [2.45, 2.75) is 25.7 Å². The van der Waals surface area contributed by atoms with Crippen molar-refractivity contribution in [3.8, 4) is 5.75 Å². The third-order valence-electron chi connectivity index (χ3n) is 2.94. The Hall–Kier alpha value is -1.22. The van der Waals surface area contributed by atoms with Gasteiger partial charge in [0.1, 0.15) is 5.75 Å². The van der Waals surface area contributed by atoms with Crippen molar-refractivity contribution in [2.24, 2.45) is 5.92 Å². The Morgan fingerprint density at radius 3 is 2.75 bits per heavy atom. The van der Waals surface area contributed by atoms with E-state index in [9.17, 15) is 9.90 Å². The van der Waals surface area contributed by atoms with E-state index in [2.05, 4.69) is 5.32 Å². The van der Waals surface area contributed by atoms with Gasteiger partial charge in [-0.25, -0.2) is 0 Å². The number of hydrogen-bond acceptors (Lipinski definition) is 2. The summed E-state index contributed by atoms with van der Waals surface area (Å²) >= 11 is 5.80. The summed E-state index contributed by atoms with van der Waals surface area (Å²) in [6.45, 7) is 0. The second kappa shape index (κ2) is 4.74. The zero-order chi connectivity index (χ0) is 11.5. The lowest BCUT2D eigenvalue weighted by molar-refractivity contribution is -0.119. The van der Waals surface area contributed by atoms with E-state index in [0.29, 0.717) is 10.7 Å². The van der Waals surface area contributed by atoms with E-state index in [1.807, 2.05) is 0 Å². The molecule has 1 amide bonds. The van der Waals surface area contributed by atoms with Crippen molar-refractivity contribution in [1.29, 1.82) is 0 Å². The average molecular weight is 240 g/mol. The monoisotopic (exact) mass is 239 g/mol. The van der Waals surface area contributed by atoms with Gasteiger partial charge in [0.05, 0.1) is 5.69 Å². The van der Waals surface area contributed by atoms with Crippen LogP contribution in [0.4, 0.5) is 5.69 Å². The highest BCUT2D eigenvalue weighted by Crippen LogP contribution is 2.30. The predicted octanol–water partition coefficient (Wildman–Crippen LogP) is 3.17. The maximum absolute atomic E-state index is 11.8. The van der Waals surface area contributed by atoms with Crippen molar-refractivity contribution >= 4 is 23.2 Å². The normalized spacial score (nSPS) is 16.3. The summed E-state index contributed by atoms with van der Waals surface area (Å²) in [6.07, 6.45) is 4.10. The van der Waals surface area contributed by atoms with Gasteiger partial charge in [-0.15, -0.1) is 0 Å². The van der Waals surface area contributed by atoms with E-state index in [0.717, 1.165) is 25.7 Å². The number of phenols is 1. The molecule has 0 aromatic heterocycles. The summed E-state index contributed by atoms with van der Waals surface area (Å²) in [6, 6.07) is 4.62. The third kappa shape index (κ3) is 2.47. The highest BCUT2D eigenvalue weighted by Gasteiger charge is 2.23. The minimum atomic E-state index is -0.0185. The van der Waals surface area contributed by atoms with E-state index >= 15 is 0 Å². The Labute approximate surface area is 99.4 Å². The van der Waals surface area contributed by atoms with Crippen molar-refractivity contribution < 1.29 is 9.90 Å². The van der Waals surface area contributed by atoms with E-state index < -0.39 is 0 Å². The molecule has 1 fully saturated rings. The summed E-state index contributed by atoms with van der Waals surface area (Å²) in [5.74, 6) is 0.115. The number of carbonyl (C=O) groups is 1. The summed E-state index contributed by atoms with van der Waals surface area (Å²) in [4.78, 5) is 11.8. The Bertz CT molecular complexity index is 400. The minimum absolute atomic E-state index is 0.0185. The molecule has 0 spiro atoms. The minimum Gasteiger partial charge on any atom is -0.506 e. The van der Waals surface area contributed by atoms with Crippen LogP contribution in [-0.4, -0.2) is 11.0 Å². The van der Waals surface area contributed by atoms with Gasteiger partial charge >= 0.3 is 0 Å². The smallest absolute Gasteiger partial charge is 0.227 e. The first kappa shape index (κ1) is 11.3. The fraction of sp³-hybridized carbons (Fsp3) is 0.417. The van der Waals surface area contributed by atoms with Crippen LogP contribution in [0.2, 0.25) is 5.02 Å². The van der Waals surface area contributed by atoms with Crippen molar-refractivity contribution in [2.75, 3.05) is 5.32 Å². The number of amides is 1. The molecule has 86 valence electrons. The molecule has 2 rings (SSSR count). The maximum Gasteiger partial charge on any atom is 0.227 e. The van der Waals surface area contributed by atoms with Crippen molar-refractivity contribution in [1.82, 2.24) is 0 Å². The molecule has 1 aliphatic carbocycles. The van der Waals surface area contributed by atoms with E-state index in [1.54, 1.807) is 12.1 Å². The molecule has 0 bridgehead atoms. The lowest BCUT2D eigenvalue weighted by Gasteiger charge is -2.11. The molecule has 0 saturated heterocycles.